The molecule has 38 heavy (non-hydrogen) atoms. The third-order valence-corrected chi connectivity index (χ3v) is 13.8. The molecule has 2 amide bonds. The third kappa shape index (κ3) is 4.08. The number of nitrogens with zero attached hydrogens (tertiary/aromatic N) is 2. The number of aliphatic hydroxyl groups is 1. The van der Waals surface area contributed by atoms with Crippen LogP contribution in [-0.4, -0.2) is 69.3 Å². The number of amides is 2. The van der Waals surface area contributed by atoms with Gasteiger partial charge in [-0.3, -0.25) is 9.59 Å². The predicted octanol–water partition coefficient (Wildman–Crippen LogP) is 3.91. The summed E-state index contributed by atoms with van der Waals surface area (Å²) >= 11 is 6.44. The molecular formula is C29H37ClN2O5Si. The van der Waals surface area contributed by atoms with Crippen LogP contribution in [0.4, 0.5) is 5.69 Å². The highest BCUT2D eigenvalue weighted by atomic mass is 35.5. The van der Waals surface area contributed by atoms with Crippen LogP contribution in [0.25, 0.3) is 0 Å². The Labute approximate surface area is 230 Å². The molecule has 2 aromatic rings. The molecular weight excluding hydrogens is 520 g/mol. The van der Waals surface area contributed by atoms with E-state index < -0.39 is 19.8 Å². The summed E-state index contributed by atoms with van der Waals surface area (Å²) in [4.78, 5) is 31.1. The molecule has 3 heterocycles. The first-order valence-electron chi connectivity index (χ1n) is 13.4. The minimum absolute atomic E-state index is 0.0227. The molecule has 5 atom stereocenters. The van der Waals surface area contributed by atoms with Gasteiger partial charge < -0.3 is 24.4 Å². The van der Waals surface area contributed by atoms with Crippen molar-refractivity contribution in [2.24, 2.45) is 5.92 Å². The number of methoxy groups -OCH3 is 1. The second-order valence-electron chi connectivity index (χ2n) is 11.5. The van der Waals surface area contributed by atoms with E-state index in [1.54, 1.807) is 30.0 Å². The van der Waals surface area contributed by atoms with Crippen LogP contribution in [0.1, 0.15) is 31.7 Å². The standard InChI is InChI=1S/C29H37ClN2O5Si/c1-18-27(38(4,5)22-11-9-21(36-3)10-12-22)25(16-26(34)32-14-6-7-20(32)17-33)37-29(18)23-15-19(30)8-13-24(23)31(2)28(29)35/h8-13,15,18,20,25,27,33H,6-7,14,16-17H2,1-5H3/t18-,20+,25+,27-,29+/m1/s1. The fourth-order valence-corrected chi connectivity index (χ4v) is 11.4. The van der Waals surface area contributed by atoms with E-state index in [1.807, 2.05) is 24.3 Å². The molecule has 1 spiro atoms. The highest BCUT2D eigenvalue weighted by Crippen LogP contribution is 2.60. The molecule has 9 heteroatoms. The lowest BCUT2D eigenvalue weighted by Gasteiger charge is -2.37. The lowest BCUT2D eigenvalue weighted by atomic mass is 9.82. The predicted molar refractivity (Wildman–Crippen MR) is 151 cm³/mol. The van der Waals surface area contributed by atoms with E-state index >= 15 is 0 Å². The number of likely N-dealkylation sites (tertiary alicyclic amines) is 1. The zero-order valence-electron chi connectivity index (χ0n) is 22.7. The van der Waals surface area contributed by atoms with Gasteiger partial charge in [-0.1, -0.05) is 48.9 Å². The van der Waals surface area contributed by atoms with Gasteiger partial charge in [0.15, 0.2) is 5.60 Å². The second-order valence-corrected chi connectivity index (χ2v) is 16.6. The second kappa shape index (κ2) is 9.97. The fraction of sp³-hybridized carbons (Fsp3) is 0.517. The van der Waals surface area contributed by atoms with E-state index in [1.165, 1.54) is 5.19 Å². The summed E-state index contributed by atoms with van der Waals surface area (Å²) in [7, 11) is 1.10. The smallest absolute Gasteiger partial charge is 0.264 e. The van der Waals surface area contributed by atoms with E-state index in [2.05, 4.69) is 32.2 Å². The van der Waals surface area contributed by atoms with Crippen molar-refractivity contribution in [3.8, 4) is 5.75 Å². The summed E-state index contributed by atoms with van der Waals surface area (Å²) in [5, 5.41) is 11.6. The number of fused-ring (bicyclic) bond motifs is 2. The summed E-state index contributed by atoms with van der Waals surface area (Å²) in [6, 6.07) is 13.5. The Hall–Kier alpha value is -2.39. The Morgan fingerprint density at radius 3 is 2.61 bits per heavy atom. The fourth-order valence-electron chi connectivity index (χ4n) is 7.23. The number of likely N-dealkylation sites (N-methyl/N-ethyl adjacent to an activating group) is 1. The number of anilines is 1. The molecule has 0 unspecified atom stereocenters. The molecule has 2 saturated heterocycles. The number of halogens is 1. The minimum Gasteiger partial charge on any atom is -0.497 e. The number of carbonyl (C=O) groups is 2. The Balaban J connectivity index is 1.59. The number of rotatable bonds is 6. The average molecular weight is 557 g/mol. The SMILES string of the molecule is COc1ccc([Si](C)(C)[C@H]2[C@H](CC(=O)N3CCC[C@H]3CO)O[C@@]3(C(=O)N(C)c4ccc(Cl)cc43)[C@@H]2C)cc1. The molecule has 1 N–H and O–H groups in total. The van der Waals surface area contributed by atoms with Gasteiger partial charge in [0.1, 0.15) is 5.75 Å². The van der Waals surface area contributed by atoms with Gasteiger partial charge in [-0.2, -0.15) is 0 Å². The quantitative estimate of drug-likeness (QED) is 0.546. The first-order valence-corrected chi connectivity index (χ1v) is 16.8. The molecule has 0 radical (unpaired) electrons. The van der Waals surface area contributed by atoms with Crippen molar-refractivity contribution in [3.63, 3.8) is 0 Å². The zero-order chi connectivity index (χ0) is 27.4. The van der Waals surface area contributed by atoms with E-state index in [0.29, 0.717) is 11.6 Å². The Morgan fingerprint density at radius 1 is 1.24 bits per heavy atom. The van der Waals surface area contributed by atoms with Crippen molar-refractivity contribution in [1.82, 2.24) is 4.90 Å². The normalized spacial score (nSPS) is 28.9. The monoisotopic (exact) mass is 556 g/mol. The van der Waals surface area contributed by atoms with Crippen molar-refractivity contribution >= 4 is 42.4 Å². The van der Waals surface area contributed by atoms with Crippen LogP contribution in [-0.2, 0) is 19.9 Å². The van der Waals surface area contributed by atoms with Crippen LogP contribution in [0.2, 0.25) is 23.7 Å². The first-order chi connectivity index (χ1) is 18.1. The number of hydrogen-bond donors (Lipinski definition) is 1. The van der Waals surface area contributed by atoms with Crippen LogP contribution < -0.4 is 14.8 Å². The van der Waals surface area contributed by atoms with Gasteiger partial charge >= 0.3 is 0 Å². The molecule has 3 aliphatic rings. The van der Waals surface area contributed by atoms with Crippen molar-refractivity contribution in [1.29, 1.82) is 0 Å². The minimum atomic E-state index is -2.32. The molecule has 3 aliphatic heterocycles. The van der Waals surface area contributed by atoms with Gasteiger partial charge in [-0.25, -0.2) is 0 Å². The average Bonchev–Trinajstić information content (AvgIpc) is 3.55. The van der Waals surface area contributed by atoms with Gasteiger partial charge in [0.2, 0.25) is 5.91 Å². The highest BCUT2D eigenvalue weighted by Gasteiger charge is 2.66. The summed E-state index contributed by atoms with van der Waals surface area (Å²) in [6.45, 7) is 7.29. The summed E-state index contributed by atoms with van der Waals surface area (Å²) in [6.07, 6.45) is 1.41. The number of ether oxygens (including phenoxy) is 2. The van der Waals surface area contributed by atoms with Gasteiger partial charge in [-0.15, -0.1) is 0 Å². The maximum Gasteiger partial charge on any atom is 0.264 e. The zero-order valence-corrected chi connectivity index (χ0v) is 24.5. The molecule has 204 valence electrons. The van der Waals surface area contributed by atoms with Crippen LogP contribution in [0.15, 0.2) is 42.5 Å². The van der Waals surface area contributed by atoms with Crippen molar-refractivity contribution in [3.05, 3.63) is 53.1 Å². The van der Waals surface area contributed by atoms with E-state index in [4.69, 9.17) is 21.1 Å². The lowest BCUT2D eigenvalue weighted by Crippen LogP contribution is -2.52. The molecule has 5 rings (SSSR count). The maximum absolute atomic E-state index is 14.0. The molecule has 2 fully saturated rings. The van der Waals surface area contributed by atoms with Crippen molar-refractivity contribution < 1.29 is 24.2 Å². The summed E-state index contributed by atoms with van der Waals surface area (Å²) in [5.74, 6) is 0.463. The number of hydrogen-bond acceptors (Lipinski definition) is 5. The van der Waals surface area contributed by atoms with Crippen LogP contribution >= 0.6 is 11.6 Å². The molecule has 0 aliphatic carbocycles. The maximum atomic E-state index is 14.0. The molecule has 0 bridgehead atoms. The number of benzene rings is 2. The molecule has 0 aromatic heterocycles. The highest BCUT2D eigenvalue weighted by molar-refractivity contribution is 6.91. The molecule has 2 aromatic carbocycles. The van der Waals surface area contributed by atoms with Gasteiger partial charge in [0.05, 0.1) is 46.0 Å². The Morgan fingerprint density at radius 2 is 1.95 bits per heavy atom. The topological polar surface area (TPSA) is 79.3 Å². The molecule has 7 nitrogen and oxygen atoms in total. The van der Waals surface area contributed by atoms with Gasteiger partial charge in [0.25, 0.3) is 5.91 Å². The van der Waals surface area contributed by atoms with E-state index in [0.717, 1.165) is 29.8 Å². The summed E-state index contributed by atoms with van der Waals surface area (Å²) < 4.78 is 12.3. The van der Waals surface area contributed by atoms with Crippen molar-refractivity contribution in [2.75, 3.05) is 32.2 Å². The number of aliphatic hydroxyl groups excluding tert-OH is 1. The summed E-state index contributed by atoms with van der Waals surface area (Å²) in [5.41, 5.74) is 0.333. The van der Waals surface area contributed by atoms with Gasteiger partial charge in [0, 0.05) is 30.1 Å². The van der Waals surface area contributed by atoms with E-state index in [-0.39, 0.29) is 42.3 Å². The van der Waals surface area contributed by atoms with Gasteiger partial charge in [-0.05, 0) is 48.7 Å². The van der Waals surface area contributed by atoms with Crippen LogP contribution in [0.3, 0.4) is 0 Å². The Bertz CT molecular complexity index is 1240. The third-order valence-electron chi connectivity index (χ3n) is 9.21. The molecule has 0 saturated carbocycles. The van der Waals surface area contributed by atoms with Crippen LogP contribution in [0.5, 0.6) is 5.75 Å². The number of carbonyl (C=O) groups excluding carboxylic acids is 2. The Kier molecular flexibility index (Phi) is 7.13. The van der Waals surface area contributed by atoms with Crippen LogP contribution in [0, 0.1) is 5.92 Å². The lowest BCUT2D eigenvalue weighted by molar-refractivity contribution is -0.149. The van der Waals surface area contributed by atoms with Crippen molar-refractivity contribution in [2.45, 2.75) is 62.6 Å². The van der Waals surface area contributed by atoms with E-state index in [9.17, 15) is 14.7 Å². The first kappa shape index (κ1) is 27.2. The largest absolute Gasteiger partial charge is 0.497 e.